The number of aliphatic hydroxyl groups is 2. The van der Waals surface area contributed by atoms with E-state index in [1.807, 2.05) is 20.3 Å². The van der Waals surface area contributed by atoms with Crippen LogP contribution in [0.2, 0.25) is 0 Å². The second-order valence-electron chi connectivity index (χ2n) is 14.3. The standard InChI is InChI=1S/C31H55N3O4/c1-28-14-15-30(35,37-20-7-18-34-16-5-6-17-34)22-24(28)8-9-27-26(28)11-12-29(2)25(10-13-31(27,29)36)23-32-38-21-19-33(3)4/h23-27,35-36H,5-22H2,1-4H3/b32-23+/t24-,25-,26+,27-,28+,29-,30-,31+/m1/s1. The molecular weight excluding hydrogens is 478 g/mol. The molecule has 8 atom stereocenters. The van der Waals surface area contributed by atoms with Crippen LogP contribution < -0.4 is 0 Å². The maximum Gasteiger partial charge on any atom is 0.165 e. The van der Waals surface area contributed by atoms with Crippen LogP contribution in [0.5, 0.6) is 0 Å². The Morgan fingerprint density at radius 1 is 0.947 bits per heavy atom. The largest absolute Gasteiger partial charge is 0.395 e. The van der Waals surface area contributed by atoms with E-state index >= 15 is 0 Å². The van der Waals surface area contributed by atoms with Crippen LogP contribution in [0, 0.1) is 34.5 Å². The van der Waals surface area contributed by atoms with Gasteiger partial charge in [0.2, 0.25) is 0 Å². The fourth-order valence-electron chi connectivity index (χ4n) is 9.54. The third-order valence-corrected chi connectivity index (χ3v) is 12.1. The second-order valence-corrected chi connectivity index (χ2v) is 14.3. The molecule has 1 heterocycles. The molecule has 0 bridgehead atoms. The highest BCUT2D eigenvalue weighted by Crippen LogP contribution is 2.69. The monoisotopic (exact) mass is 533 g/mol. The zero-order valence-corrected chi connectivity index (χ0v) is 24.7. The normalized spacial score (nSPS) is 45.3. The molecule has 2 N–H and O–H groups in total. The van der Waals surface area contributed by atoms with E-state index < -0.39 is 11.4 Å². The van der Waals surface area contributed by atoms with Crippen molar-refractivity contribution >= 4 is 6.21 Å². The van der Waals surface area contributed by atoms with E-state index in [0.717, 1.165) is 77.3 Å². The second kappa shape index (κ2) is 11.3. The van der Waals surface area contributed by atoms with Crippen molar-refractivity contribution in [2.45, 2.75) is 102 Å². The smallest absolute Gasteiger partial charge is 0.165 e. The van der Waals surface area contributed by atoms with Gasteiger partial charge in [0.05, 0.1) is 12.2 Å². The van der Waals surface area contributed by atoms with Gasteiger partial charge < -0.3 is 29.6 Å². The molecule has 1 saturated heterocycles. The number of ether oxygens (including phenoxy) is 1. The maximum absolute atomic E-state index is 12.4. The average Bonchev–Trinajstić information content (AvgIpc) is 3.48. The molecule has 7 nitrogen and oxygen atoms in total. The summed E-state index contributed by atoms with van der Waals surface area (Å²) in [4.78, 5) is 10.2. The van der Waals surface area contributed by atoms with Crippen molar-refractivity contribution in [2.75, 3.05) is 53.5 Å². The predicted octanol–water partition coefficient (Wildman–Crippen LogP) is 4.52. The van der Waals surface area contributed by atoms with Crippen molar-refractivity contribution in [3.05, 3.63) is 0 Å². The van der Waals surface area contributed by atoms with Crippen molar-refractivity contribution in [3.63, 3.8) is 0 Å². The highest BCUT2D eigenvalue weighted by atomic mass is 16.6. The average molecular weight is 534 g/mol. The molecule has 5 fully saturated rings. The molecule has 218 valence electrons. The van der Waals surface area contributed by atoms with Gasteiger partial charge in [-0.15, -0.1) is 0 Å². The lowest BCUT2D eigenvalue weighted by molar-refractivity contribution is -0.269. The molecule has 5 rings (SSSR count). The minimum atomic E-state index is -0.969. The molecule has 0 amide bonds. The predicted molar refractivity (Wildman–Crippen MR) is 151 cm³/mol. The number of rotatable bonds is 10. The van der Waals surface area contributed by atoms with E-state index in [-0.39, 0.29) is 16.7 Å². The Balaban J connectivity index is 1.19. The van der Waals surface area contributed by atoms with Crippen molar-refractivity contribution in [2.24, 2.45) is 39.7 Å². The highest BCUT2D eigenvalue weighted by Gasteiger charge is 2.67. The van der Waals surface area contributed by atoms with E-state index in [4.69, 9.17) is 9.57 Å². The van der Waals surface area contributed by atoms with Gasteiger partial charge in [-0.3, -0.25) is 0 Å². The molecule has 7 heteroatoms. The molecular formula is C31H55N3O4. The summed E-state index contributed by atoms with van der Waals surface area (Å²) in [5.41, 5.74) is -0.601. The summed E-state index contributed by atoms with van der Waals surface area (Å²) in [6, 6.07) is 0. The molecule has 4 saturated carbocycles. The van der Waals surface area contributed by atoms with Gasteiger partial charge in [0.1, 0.15) is 6.61 Å². The first-order valence-electron chi connectivity index (χ1n) is 15.7. The van der Waals surface area contributed by atoms with Crippen molar-refractivity contribution in [1.82, 2.24) is 9.80 Å². The lowest BCUT2D eigenvalue weighted by Crippen LogP contribution is -2.63. The van der Waals surface area contributed by atoms with Gasteiger partial charge in [-0.05, 0) is 115 Å². The number of likely N-dealkylation sites (tertiary alicyclic amines) is 1. The SMILES string of the molecule is CN(C)CCO/N=C/[C@H]1CC[C@]2(O)[C@@H]3CC[C@@H]4C[C@](O)(OCCCN5CCCC5)CC[C@]4(C)[C@H]3CC[C@]12C. The number of oxime groups is 1. The first kappa shape index (κ1) is 28.8. The number of fused-ring (bicyclic) bond motifs is 5. The van der Waals surface area contributed by atoms with E-state index in [1.165, 1.54) is 25.9 Å². The lowest BCUT2D eigenvalue weighted by Gasteiger charge is -2.64. The Bertz CT molecular complexity index is 834. The Morgan fingerprint density at radius 2 is 1.74 bits per heavy atom. The summed E-state index contributed by atoms with van der Waals surface area (Å²) < 4.78 is 6.20. The number of likely N-dealkylation sites (N-methyl/N-ethyl adjacent to an activating group) is 1. The minimum Gasteiger partial charge on any atom is -0.395 e. The van der Waals surface area contributed by atoms with E-state index in [0.29, 0.717) is 31.0 Å². The van der Waals surface area contributed by atoms with Gasteiger partial charge in [0.25, 0.3) is 0 Å². The van der Waals surface area contributed by atoms with Crippen LogP contribution in [0.1, 0.15) is 90.9 Å². The highest BCUT2D eigenvalue weighted by molar-refractivity contribution is 5.63. The van der Waals surface area contributed by atoms with Crippen LogP contribution >= 0.6 is 0 Å². The first-order chi connectivity index (χ1) is 18.1. The molecule has 1 aliphatic heterocycles. The molecule has 4 aliphatic carbocycles. The van der Waals surface area contributed by atoms with Gasteiger partial charge in [0, 0.05) is 43.5 Å². The number of nitrogens with zero attached hydrogens (tertiary/aromatic N) is 3. The molecule has 0 spiro atoms. The maximum atomic E-state index is 12.4. The van der Waals surface area contributed by atoms with Crippen molar-refractivity contribution < 1.29 is 19.8 Å². The molecule has 0 aromatic carbocycles. The van der Waals surface area contributed by atoms with Crippen molar-refractivity contribution in [1.29, 1.82) is 0 Å². The zero-order chi connectivity index (χ0) is 27.0. The lowest BCUT2D eigenvalue weighted by atomic mass is 9.43. The molecule has 0 aromatic heterocycles. The van der Waals surface area contributed by atoms with Crippen LogP contribution in [0.4, 0.5) is 0 Å². The molecule has 38 heavy (non-hydrogen) atoms. The zero-order valence-electron chi connectivity index (χ0n) is 24.7. The summed E-state index contributed by atoms with van der Waals surface area (Å²) >= 11 is 0. The van der Waals surface area contributed by atoms with Gasteiger partial charge >= 0.3 is 0 Å². The van der Waals surface area contributed by atoms with Crippen LogP contribution in [-0.2, 0) is 9.57 Å². The van der Waals surface area contributed by atoms with Gasteiger partial charge in [0.15, 0.2) is 5.79 Å². The van der Waals surface area contributed by atoms with Crippen LogP contribution in [0.25, 0.3) is 0 Å². The summed E-state index contributed by atoms with van der Waals surface area (Å²) in [6.07, 6.45) is 14.3. The molecule has 0 unspecified atom stereocenters. The van der Waals surface area contributed by atoms with Gasteiger partial charge in [-0.2, -0.15) is 0 Å². The summed E-state index contributed by atoms with van der Waals surface area (Å²) in [5, 5.41) is 28.1. The van der Waals surface area contributed by atoms with E-state index in [1.54, 1.807) is 0 Å². The summed E-state index contributed by atoms with van der Waals surface area (Å²) in [5.74, 6) is 0.625. The Morgan fingerprint density at radius 3 is 2.50 bits per heavy atom. The summed E-state index contributed by atoms with van der Waals surface area (Å²) in [7, 11) is 4.07. The quantitative estimate of drug-likeness (QED) is 0.186. The van der Waals surface area contributed by atoms with E-state index in [2.05, 4.69) is 28.8 Å². The topological polar surface area (TPSA) is 77.8 Å². The number of hydrogen-bond acceptors (Lipinski definition) is 7. The Labute approximate surface area is 231 Å². The van der Waals surface area contributed by atoms with Gasteiger partial charge in [-0.1, -0.05) is 19.0 Å². The third-order valence-electron chi connectivity index (χ3n) is 12.1. The minimum absolute atomic E-state index is 0.139. The van der Waals surface area contributed by atoms with Crippen LogP contribution in [0.15, 0.2) is 5.16 Å². The first-order valence-corrected chi connectivity index (χ1v) is 15.7. The molecule has 5 aliphatic rings. The van der Waals surface area contributed by atoms with Crippen LogP contribution in [0.3, 0.4) is 0 Å². The van der Waals surface area contributed by atoms with Gasteiger partial charge in [-0.25, -0.2) is 0 Å². The molecule has 0 radical (unpaired) electrons. The van der Waals surface area contributed by atoms with Crippen molar-refractivity contribution in [3.8, 4) is 0 Å². The fraction of sp³-hybridized carbons (Fsp3) is 0.968. The summed E-state index contributed by atoms with van der Waals surface area (Å²) in [6.45, 7) is 10.4. The van der Waals surface area contributed by atoms with Crippen LogP contribution in [-0.4, -0.2) is 91.1 Å². The van der Waals surface area contributed by atoms with E-state index in [9.17, 15) is 10.2 Å². The fourth-order valence-corrected chi connectivity index (χ4v) is 9.54. The Hall–Kier alpha value is -0.730. The number of hydrogen-bond donors (Lipinski definition) is 2. The Kier molecular flexibility index (Phi) is 8.54. The molecule has 0 aromatic rings. The third kappa shape index (κ3) is 5.32.